The second kappa shape index (κ2) is 6.25. The predicted molar refractivity (Wildman–Crippen MR) is 86.7 cm³/mol. The highest BCUT2D eigenvalue weighted by molar-refractivity contribution is 8.00. The van der Waals surface area contributed by atoms with Gasteiger partial charge in [0.25, 0.3) is 5.69 Å². The van der Waals surface area contributed by atoms with Crippen LogP contribution in [0.15, 0.2) is 35.5 Å². The van der Waals surface area contributed by atoms with Gasteiger partial charge in [-0.05, 0) is 30.2 Å². The van der Waals surface area contributed by atoms with E-state index >= 15 is 0 Å². The Morgan fingerprint density at radius 3 is 2.75 bits per heavy atom. The molecule has 3 rings (SSSR count). The Balaban J connectivity index is 1.68. The van der Waals surface area contributed by atoms with Crippen molar-refractivity contribution in [3.8, 4) is 0 Å². The van der Waals surface area contributed by atoms with Crippen LogP contribution in [0.3, 0.4) is 0 Å². The summed E-state index contributed by atoms with van der Waals surface area (Å²) in [7, 11) is 0. The quantitative estimate of drug-likeness (QED) is 0.375. The van der Waals surface area contributed by atoms with E-state index in [1.165, 1.54) is 40.9 Å². The minimum absolute atomic E-state index is 0.0283. The highest BCUT2D eigenvalue weighted by Gasteiger charge is 2.51. The Morgan fingerprint density at radius 1 is 1.46 bits per heavy atom. The van der Waals surface area contributed by atoms with E-state index in [-0.39, 0.29) is 29.3 Å². The van der Waals surface area contributed by atoms with E-state index in [0.717, 1.165) is 5.57 Å². The maximum atomic E-state index is 12.4. The number of fused-ring (bicyclic) bond motifs is 1. The van der Waals surface area contributed by atoms with Gasteiger partial charge in [0.05, 0.1) is 4.92 Å². The van der Waals surface area contributed by atoms with E-state index in [0.29, 0.717) is 11.3 Å². The molecule has 0 unspecified atom stereocenters. The lowest BCUT2D eigenvalue weighted by atomic mass is 10.0. The molecule has 2 aliphatic rings. The zero-order valence-corrected chi connectivity index (χ0v) is 13.6. The first-order valence-electron chi connectivity index (χ1n) is 7.20. The van der Waals surface area contributed by atoms with Crippen LogP contribution in [-0.2, 0) is 20.9 Å². The van der Waals surface area contributed by atoms with E-state index in [4.69, 9.17) is 10.5 Å². The van der Waals surface area contributed by atoms with Crippen molar-refractivity contribution in [1.29, 1.82) is 0 Å². The van der Waals surface area contributed by atoms with E-state index in [1.54, 1.807) is 6.92 Å². The molecule has 0 bridgehead atoms. The van der Waals surface area contributed by atoms with Crippen LogP contribution in [0.1, 0.15) is 12.5 Å². The van der Waals surface area contributed by atoms with Crippen molar-refractivity contribution in [2.24, 2.45) is 5.73 Å². The van der Waals surface area contributed by atoms with Crippen molar-refractivity contribution in [1.82, 2.24) is 4.90 Å². The summed E-state index contributed by atoms with van der Waals surface area (Å²) >= 11 is 1.52. The molecular weight excluding hydrogens is 334 g/mol. The number of carbonyl (C=O) groups excluding carboxylic acids is 2. The Labute approximate surface area is 141 Å². The molecule has 1 aromatic carbocycles. The molecule has 2 atom stereocenters. The molecule has 1 saturated heterocycles. The largest absolute Gasteiger partial charge is 0.456 e. The van der Waals surface area contributed by atoms with Crippen LogP contribution in [0.25, 0.3) is 0 Å². The van der Waals surface area contributed by atoms with Crippen LogP contribution in [0.5, 0.6) is 0 Å². The molecule has 2 N–H and O–H groups in total. The second-order valence-corrected chi connectivity index (χ2v) is 6.67. The van der Waals surface area contributed by atoms with Crippen molar-refractivity contribution in [3.63, 3.8) is 0 Å². The van der Waals surface area contributed by atoms with Gasteiger partial charge in [-0.2, -0.15) is 0 Å². The van der Waals surface area contributed by atoms with Gasteiger partial charge in [0.2, 0.25) is 5.91 Å². The number of β-lactam (4-membered cyclic amide) rings is 1. The average Bonchev–Trinajstić information content (AvgIpc) is 2.59. The maximum absolute atomic E-state index is 12.4. The fourth-order valence-electron chi connectivity index (χ4n) is 2.59. The normalized spacial score (nSPS) is 22.8. The van der Waals surface area contributed by atoms with Gasteiger partial charge >= 0.3 is 5.97 Å². The number of nitrogens with zero attached hydrogens (tertiary/aromatic N) is 2. The summed E-state index contributed by atoms with van der Waals surface area (Å²) in [6, 6.07) is 5.16. The molecule has 8 nitrogen and oxygen atoms in total. The van der Waals surface area contributed by atoms with E-state index in [1.807, 2.05) is 0 Å². The molecule has 9 heteroatoms. The zero-order chi connectivity index (χ0) is 17.4. The monoisotopic (exact) mass is 349 g/mol. The van der Waals surface area contributed by atoms with E-state index in [9.17, 15) is 19.7 Å². The molecule has 1 aromatic rings. The van der Waals surface area contributed by atoms with E-state index in [2.05, 4.69) is 0 Å². The van der Waals surface area contributed by atoms with Crippen LogP contribution >= 0.6 is 11.8 Å². The van der Waals surface area contributed by atoms with Gasteiger partial charge in [-0.1, -0.05) is 0 Å². The Kier molecular flexibility index (Phi) is 4.29. The summed E-state index contributed by atoms with van der Waals surface area (Å²) in [5.41, 5.74) is 7.37. The lowest BCUT2D eigenvalue weighted by molar-refractivity contribution is -0.384. The van der Waals surface area contributed by atoms with Gasteiger partial charge in [0.1, 0.15) is 23.7 Å². The summed E-state index contributed by atoms with van der Waals surface area (Å²) < 4.78 is 5.26. The Morgan fingerprint density at radius 2 is 2.12 bits per heavy atom. The van der Waals surface area contributed by atoms with Gasteiger partial charge < -0.3 is 10.5 Å². The van der Waals surface area contributed by atoms with Crippen molar-refractivity contribution in [2.75, 3.05) is 5.75 Å². The van der Waals surface area contributed by atoms with Gasteiger partial charge in [-0.25, -0.2) is 4.79 Å². The number of nitro groups is 1. The molecule has 0 aliphatic carbocycles. The summed E-state index contributed by atoms with van der Waals surface area (Å²) in [5.74, 6) is -0.255. The third-order valence-electron chi connectivity index (χ3n) is 3.91. The van der Waals surface area contributed by atoms with Gasteiger partial charge in [-0.3, -0.25) is 19.8 Å². The Bertz CT molecular complexity index is 746. The Hall–Kier alpha value is -2.39. The standard InChI is InChI=1S/C15H15N3O5S/c1-8-7-24-14-11(16)13(19)17(14)12(8)15(20)23-6-9-2-4-10(5-3-9)18(21)22/h2-5,11,14H,6-7,16H2,1H3/t11-,14-/m1/s1. The number of esters is 1. The lowest BCUT2D eigenvalue weighted by Crippen LogP contribution is -2.68. The molecule has 0 radical (unpaired) electrons. The van der Waals surface area contributed by atoms with Crippen molar-refractivity contribution < 1.29 is 19.2 Å². The first-order chi connectivity index (χ1) is 11.4. The molecule has 0 spiro atoms. The van der Waals surface area contributed by atoms with Gasteiger partial charge in [-0.15, -0.1) is 11.8 Å². The molecular formula is C15H15N3O5S. The number of benzene rings is 1. The molecule has 24 heavy (non-hydrogen) atoms. The molecule has 2 aliphatic heterocycles. The van der Waals surface area contributed by atoms with Crippen molar-refractivity contribution in [3.05, 3.63) is 51.2 Å². The topological polar surface area (TPSA) is 116 Å². The minimum atomic E-state index is -0.587. The molecule has 126 valence electrons. The predicted octanol–water partition coefficient (Wildman–Crippen LogP) is 1.15. The number of amides is 1. The summed E-state index contributed by atoms with van der Waals surface area (Å²) in [5, 5.41) is 10.4. The van der Waals surface area contributed by atoms with Crippen LogP contribution in [0.2, 0.25) is 0 Å². The van der Waals surface area contributed by atoms with Crippen LogP contribution in [0.4, 0.5) is 5.69 Å². The molecule has 2 heterocycles. The number of thioether (sulfide) groups is 1. The van der Waals surface area contributed by atoms with Crippen LogP contribution in [-0.4, -0.2) is 38.9 Å². The molecule has 1 amide bonds. The molecule has 0 saturated carbocycles. The third-order valence-corrected chi connectivity index (χ3v) is 5.36. The number of non-ortho nitro benzene ring substituents is 1. The number of hydrogen-bond donors (Lipinski definition) is 1. The van der Waals surface area contributed by atoms with Gasteiger partial charge in [0.15, 0.2) is 0 Å². The van der Waals surface area contributed by atoms with E-state index < -0.39 is 16.9 Å². The zero-order valence-electron chi connectivity index (χ0n) is 12.8. The fourth-order valence-corrected chi connectivity index (χ4v) is 3.83. The number of hydrogen-bond acceptors (Lipinski definition) is 7. The third kappa shape index (κ3) is 2.76. The van der Waals surface area contributed by atoms with Crippen LogP contribution in [0, 0.1) is 10.1 Å². The SMILES string of the molecule is CC1=C(C(=O)OCc2ccc([N+](=O)[O-])cc2)N2C(=O)[C@@H](N)[C@H]2SC1. The number of rotatable bonds is 4. The van der Waals surface area contributed by atoms with Crippen LogP contribution < -0.4 is 5.73 Å². The average molecular weight is 349 g/mol. The maximum Gasteiger partial charge on any atom is 0.355 e. The van der Waals surface area contributed by atoms with Crippen molar-refractivity contribution in [2.45, 2.75) is 24.9 Å². The fraction of sp³-hybridized carbons (Fsp3) is 0.333. The minimum Gasteiger partial charge on any atom is -0.456 e. The van der Waals surface area contributed by atoms with Crippen molar-refractivity contribution >= 4 is 29.3 Å². The first kappa shape index (κ1) is 16.5. The lowest BCUT2D eigenvalue weighted by Gasteiger charge is -2.48. The second-order valence-electron chi connectivity index (χ2n) is 5.56. The number of carbonyl (C=O) groups is 2. The summed E-state index contributed by atoms with van der Waals surface area (Å²) in [6.07, 6.45) is 0. The van der Waals surface area contributed by atoms with Gasteiger partial charge in [0, 0.05) is 17.9 Å². The number of ether oxygens (including phenoxy) is 1. The summed E-state index contributed by atoms with van der Waals surface area (Å²) in [4.78, 5) is 35.8. The highest BCUT2D eigenvalue weighted by Crippen LogP contribution is 2.39. The summed E-state index contributed by atoms with van der Waals surface area (Å²) in [6.45, 7) is 1.75. The number of nitro benzene ring substituents is 1. The molecule has 0 aromatic heterocycles. The highest BCUT2D eigenvalue weighted by atomic mass is 32.2. The smallest absolute Gasteiger partial charge is 0.355 e. The molecule has 1 fully saturated rings. The first-order valence-corrected chi connectivity index (χ1v) is 8.25. The number of nitrogens with two attached hydrogens (primary N) is 1.